The van der Waals surface area contributed by atoms with E-state index in [1.807, 2.05) is 0 Å². The van der Waals surface area contributed by atoms with Gasteiger partial charge in [0.15, 0.2) is 0 Å². The average molecular weight is 289 g/mol. The molecule has 0 unspecified atom stereocenters. The first kappa shape index (κ1) is 15.9. The summed E-state index contributed by atoms with van der Waals surface area (Å²) in [5.41, 5.74) is 2.91. The molecule has 0 aliphatic carbocycles. The molecule has 3 nitrogen and oxygen atoms in total. The van der Waals surface area contributed by atoms with Crippen LogP contribution in [0.2, 0.25) is 0 Å². The second-order valence-corrected chi connectivity index (χ2v) is 6.42. The molecule has 1 saturated heterocycles. The van der Waals surface area contributed by atoms with Gasteiger partial charge < -0.3 is 10.0 Å². The van der Waals surface area contributed by atoms with E-state index in [0.717, 1.165) is 5.56 Å². The first-order valence-electron chi connectivity index (χ1n) is 8.14. The van der Waals surface area contributed by atoms with Crippen molar-refractivity contribution in [3.05, 3.63) is 29.8 Å². The number of hydrogen-bond acceptors (Lipinski definition) is 2. The van der Waals surface area contributed by atoms with Crippen LogP contribution in [0.5, 0.6) is 0 Å². The summed E-state index contributed by atoms with van der Waals surface area (Å²) in [5.74, 6) is -0.731. The Morgan fingerprint density at radius 1 is 1.14 bits per heavy atom. The van der Waals surface area contributed by atoms with Crippen LogP contribution in [-0.2, 0) is 11.2 Å². The van der Waals surface area contributed by atoms with Crippen molar-refractivity contribution in [1.82, 2.24) is 0 Å². The monoisotopic (exact) mass is 289 g/mol. The van der Waals surface area contributed by atoms with Crippen molar-refractivity contribution in [3.8, 4) is 0 Å². The predicted molar refractivity (Wildman–Crippen MR) is 86.9 cm³/mol. The van der Waals surface area contributed by atoms with Crippen LogP contribution in [0.4, 0.5) is 5.69 Å². The lowest BCUT2D eigenvalue weighted by Gasteiger charge is -2.52. The maximum atomic E-state index is 10.6. The third-order valence-corrected chi connectivity index (χ3v) is 4.54. The fourth-order valence-corrected chi connectivity index (χ4v) is 3.57. The SMILES string of the molecule is CCCC1(CCC)CN(c2ccc(CCC(=O)O)cc2)C1. The minimum Gasteiger partial charge on any atom is -0.481 e. The Morgan fingerprint density at radius 2 is 1.71 bits per heavy atom. The van der Waals surface area contributed by atoms with E-state index in [1.165, 1.54) is 44.5 Å². The molecular formula is C18H27NO2. The van der Waals surface area contributed by atoms with Crippen molar-refractivity contribution in [2.75, 3.05) is 18.0 Å². The van der Waals surface area contributed by atoms with E-state index in [4.69, 9.17) is 5.11 Å². The largest absolute Gasteiger partial charge is 0.481 e. The smallest absolute Gasteiger partial charge is 0.303 e. The number of rotatable bonds is 8. The topological polar surface area (TPSA) is 40.5 Å². The maximum absolute atomic E-state index is 10.6. The third-order valence-electron chi connectivity index (χ3n) is 4.54. The van der Waals surface area contributed by atoms with Crippen LogP contribution in [0.15, 0.2) is 24.3 Å². The zero-order chi connectivity index (χ0) is 15.3. The number of benzene rings is 1. The quantitative estimate of drug-likeness (QED) is 0.783. The molecule has 1 N–H and O–H groups in total. The van der Waals surface area contributed by atoms with Crippen molar-refractivity contribution < 1.29 is 9.90 Å². The highest BCUT2D eigenvalue weighted by molar-refractivity contribution is 5.67. The summed E-state index contributed by atoms with van der Waals surface area (Å²) < 4.78 is 0. The van der Waals surface area contributed by atoms with Gasteiger partial charge in [-0.3, -0.25) is 4.79 Å². The zero-order valence-corrected chi connectivity index (χ0v) is 13.3. The molecule has 0 aromatic heterocycles. The van der Waals surface area contributed by atoms with Gasteiger partial charge in [-0.05, 0) is 37.0 Å². The van der Waals surface area contributed by atoms with Crippen molar-refractivity contribution in [2.45, 2.75) is 52.4 Å². The average Bonchev–Trinajstić information content (AvgIpc) is 2.43. The molecule has 0 amide bonds. The summed E-state index contributed by atoms with van der Waals surface area (Å²) in [4.78, 5) is 13.0. The Balaban J connectivity index is 1.91. The Kier molecular flexibility index (Phi) is 5.27. The van der Waals surface area contributed by atoms with Crippen LogP contribution < -0.4 is 4.90 Å². The molecule has 21 heavy (non-hydrogen) atoms. The first-order valence-corrected chi connectivity index (χ1v) is 8.14. The number of aliphatic carboxylic acids is 1. The first-order chi connectivity index (χ1) is 10.1. The molecule has 1 fully saturated rings. The van der Waals surface area contributed by atoms with Gasteiger partial charge in [0, 0.05) is 30.6 Å². The standard InChI is InChI=1S/C18H27NO2/c1-3-11-18(12-4-2)13-19(14-18)16-8-5-15(6-9-16)7-10-17(20)21/h5-6,8-9H,3-4,7,10-14H2,1-2H3,(H,20,21). The van der Waals surface area contributed by atoms with Crippen LogP contribution in [0.1, 0.15) is 51.5 Å². The lowest BCUT2D eigenvalue weighted by molar-refractivity contribution is -0.136. The summed E-state index contributed by atoms with van der Waals surface area (Å²) in [6.45, 7) is 6.89. The van der Waals surface area contributed by atoms with Crippen molar-refractivity contribution in [2.24, 2.45) is 5.41 Å². The summed E-state index contributed by atoms with van der Waals surface area (Å²) >= 11 is 0. The highest BCUT2D eigenvalue weighted by atomic mass is 16.4. The van der Waals surface area contributed by atoms with Crippen LogP contribution in [0.3, 0.4) is 0 Å². The molecule has 0 spiro atoms. The lowest BCUT2D eigenvalue weighted by atomic mass is 9.72. The molecule has 1 heterocycles. The number of aryl methyl sites for hydroxylation is 1. The van der Waals surface area contributed by atoms with Gasteiger partial charge in [0.1, 0.15) is 0 Å². The third kappa shape index (κ3) is 3.99. The normalized spacial score (nSPS) is 16.6. The molecule has 1 aliphatic rings. The van der Waals surface area contributed by atoms with Crippen LogP contribution in [0.25, 0.3) is 0 Å². The molecule has 0 atom stereocenters. The minimum atomic E-state index is -0.731. The summed E-state index contributed by atoms with van der Waals surface area (Å²) in [5, 5.41) is 8.72. The highest BCUT2D eigenvalue weighted by Gasteiger charge is 2.41. The van der Waals surface area contributed by atoms with Gasteiger partial charge in [-0.1, -0.05) is 38.8 Å². The second-order valence-electron chi connectivity index (χ2n) is 6.42. The second kappa shape index (κ2) is 6.97. The Labute approximate surface area is 128 Å². The van der Waals surface area contributed by atoms with Crippen molar-refractivity contribution in [3.63, 3.8) is 0 Å². The number of carboxylic acid groups (broad SMARTS) is 1. The zero-order valence-electron chi connectivity index (χ0n) is 13.3. The predicted octanol–water partition coefficient (Wildman–Crippen LogP) is 4.11. The molecule has 1 aliphatic heterocycles. The van der Waals surface area contributed by atoms with Crippen LogP contribution in [-0.4, -0.2) is 24.2 Å². The molecule has 2 rings (SSSR count). The van der Waals surface area contributed by atoms with Gasteiger partial charge >= 0.3 is 5.97 Å². The summed E-state index contributed by atoms with van der Waals surface area (Å²) in [7, 11) is 0. The van der Waals surface area contributed by atoms with E-state index >= 15 is 0 Å². The Bertz CT molecular complexity index is 453. The minimum absolute atomic E-state index is 0.208. The molecule has 1 aromatic rings. The number of nitrogens with zero attached hydrogens (tertiary/aromatic N) is 1. The van der Waals surface area contributed by atoms with Crippen molar-refractivity contribution >= 4 is 11.7 Å². The Hall–Kier alpha value is -1.51. The maximum Gasteiger partial charge on any atom is 0.303 e. The number of carboxylic acids is 1. The van der Waals surface area contributed by atoms with E-state index in [1.54, 1.807) is 0 Å². The van der Waals surface area contributed by atoms with Crippen molar-refractivity contribution in [1.29, 1.82) is 0 Å². The molecule has 116 valence electrons. The van der Waals surface area contributed by atoms with Gasteiger partial charge in [0.25, 0.3) is 0 Å². The van der Waals surface area contributed by atoms with Crippen LogP contribution in [0, 0.1) is 5.41 Å². The van der Waals surface area contributed by atoms with E-state index in [2.05, 4.69) is 43.0 Å². The number of carbonyl (C=O) groups is 1. The highest BCUT2D eigenvalue weighted by Crippen LogP contribution is 2.41. The fraction of sp³-hybridized carbons (Fsp3) is 0.611. The fourth-order valence-electron chi connectivity index (χ4n) is 3.57. The van der Waals surface area contributed by atoms with Gasteiger partial charge in [-0.25, -0.2) is 0 Å². The molecule has 3 heteroatoms. The van der Waals surface area contributed by atoms with Gasteiger partial charge in [-0.2, -0.15) is 0 Å². The molecule has 0 saturated carbocycles. The summed E-state index contributed by atoms with van der Waals surface area (Å²) in [6, 6.07) is 8.41. The van der Waals surface area contributed by atoms with Crippen LogP contribution >= 0.6 is 0 Å². The molecule has 0 radical (unpaired) electrons. The lowest BCUT2D eigenvalue weighted by Crippen LogP contribution is -2.56. The molecule has 1 aromatic carbocycles. The summed E-state index contributed by atoms with van der Waals surface area (Å²) in [6.07, 6.45) is 6.01. The van der Waals surface area contributed by atoms with E-state index in [0.29, 0.717) is 11.8 Å². The molecule has 0 bridgehead atoms. The van der Waals surface area contributed by atoms with Gasteiger partial charge in [0.05, 0.1) is 0 Å². The number of anilines is 1. The van der Waals surface area contributed by atoms with Gasteiger partial charge in [-0.15, -0.1) is 0 Å². The Morgan fingerprint density at radius 3 is 2.19 bits per heavy atom. The number of hydrogen-bond donors (Lipinski definition) is 1. The van der Waals surface area contributed by atoms with E-state index < -0.39 is 5.97 Å². The van der Waals surface area contributed by atoms with E-state index in [9.17, 15) is 4.79 Å². The van der Waals surface area contributed by atoms with Gasteiger partial charge in [0.2, 0.25) is 0 Å². The molecular weight excluding hydrogens is 262 g/mol. The van der Waals surface area contributed by atoms with E-state index in [-0.39, 0.29) is 6.42 Å².